The molecule has 0 unspecified atom stereocenters. The summed E-state index contributed by atoms with van der Waals surface area (Å²) in [5.74, 6) is -8.59. The number of unbranched alkanes of at least 4 members (excludes halogenated alkanes) is 1. The lowest BCUT2D eigenvalue weighted by Crippen LogP contribution is -2.61. The third-order valence-corrected chi connectivity index (χ3v) is 17.0. The topological polar surface area (TPSA) is 392 Å². The number of aliphatic hydroxyl groups is 1. The van der Waals surface area contributed by atoms with E-state index in [2.05, 4.69) is 47.9 Å². The van der Waals surface area contributed by atoms with Crippen LogP contribution in [0.4, 0.5) is 0 Å². The van der Waals surface area contributed by atoms with E-state index in [1.54, 1.807) is 91.0 Å². The third kappa shape index (κ3) is 23.6. The fourth-order valence-electron chi connectivity index (χ4n) is 11.7. The van der Waals surface area contributed by atoms with Gasteiger partial charge in [0.1, 0.15) is 66.2 Å². The highest BCUT2D eigenvalue weighted by Crippen LogP contribution is 2.23. The van der Waals surface area contributed by atoms with Crippen molar-refractivity contribution in [2.24, 2.45) is 17.4 Å². The lowest BCUT2D eigenvalue weighted by Gasteiger charge is -2.31. The number of amides is 11. The Bertz CT molecular complexity index is 3730. The van der Waals surface area contributed by atoms with Crippen LogP contribution in [-0.2, 0) is 84.8 Å². The van der Waals surface area contributed by atoms with E-state index in [1.165, 1.54) is 43.0 Å². The number of rotatable bonds is 36. The largest absolute Gasteiger partial charge is 0.508 e. The Morgan fingerprint density at radius 2 is 0.859 bits per heavy atom. The predicted octanol–water partition coefficient (Wildman–Crippen LogP) is 2.11. The van der Waals surface area contributed by atoms with Gasteiger partial charge in [0.25, 0.3) is 0 Å². The van der Waals surface area contributed by atoms with Gasteiger partial charge >= 0.3 is 0 Å². The van der Waals surface area contributed by atoms with E-state index in [9.17, 15) is 63.0 Å². The van der Waals surface area contributed by atoms with Crippen molar-refractivity contribution in [3.63, 3.8) is 0 Å². The van der Waals surface area contributed by atoms with Crippen LogP contribution in [-0.4, -0.2) is 160 Å². The van der Waals surface area contributed by atoms with Gasteiger partial charge in [0, 0.05) is 45.6 Å². The Kier molecular flexibility index (Phi) is 29.0. The number of benzene rings is 6. The van der Waals surface area contributed by atoms with Gasteiger partial charge in [0.05, 0.1) is 6.61 Å². The molecule has 99 heavy (non-hydrogen) atoms. The van der Waals surface area contributed by atoms with Crippen molar-refractivity contribution in [3.8, 4) is 5.75 Å². The maximum Gasteiger partial charge on any atom is 0.245 e. The van der Waals surface area contributed by atoms with E-state index in [1.807, 2.05) is 56.3 Å². The molecule has 6 aromatic rings. The second-order valence-electron chi connectivity index (χ2n) is 25.4. The number of primary amides is 1. The summed E-state index contributed by atoms with van der Waals surface area (Å²) in [5.41, 5.74) is 14.3. The minimum atomic E-state index is -1.78. The van der Waals surface area contributed by atoms with Crippen molar-refractivity contribution in [1.29, 1.82) is 0 Å². The first kappa shape index (κ1) is 75.8. The van der Waals surface area contributed by atoms with Crippen molar-refractivity contribution in [3.05, 3.63) is 186 Å². The first-order valence-corrected chi connectivity index (χ1v) is 33.5. The SMILES string of the molecule is CC(=O)N[C@@H](Cc1ccc2ccccc2c1)C(=O)N[C@@H](Cc1ccccc1)C(=O)N[C@@H](Cc1ccccc1)C(=O)N[C@@H](CO)C(=O)N[C@@H](Cc1ccc(O)cc1)C(=O)N[C@@H](CCCCN)C(=O)N[C@@H](Cc1ccccc1)C(=O)N[C@@H](CC(C)C)C(=O)N1CCC[C@@H]1C(=O)N[C@@H](C)C(N)=O. The van der Waals surface area contributed by atoms with Crippen molar-refractivity contribution in [2.45, 2.75) is 159 Å². The van der Waals surface area contributed by atoms with E-state index in [4.69, 9.17) is 11.5 Å². The maximum absolute atomic E-state index is 14.9. The molecule has 0 bridgehead atoms. The Morgan fingerprint density at radius 1 is 0.465 bits per heavy atom. The molecule has 1 saturated heterocycles. The summed E-state index contributed by atoms with van der Waals surface area (Å²) in [6, 6.07) is 32.1. The molecule has 7 rings (SSSR count). The first-order chi connectivity index (χ1) is 47.5. The zero-order valence-corrected chi connectivity index (χ0v) is 56.2. The standard InChI is InChI=1S/C74H92N12O13/c1-45(2)37-62(74(99)86-36-18-28-64(86)73(98)77-46(3)65(76)90)84-70(95)59(40-49-21-10-6-11-22-49)80-66(91)56(27-16-17-35-75)79-68(93)61(42-51-30-33-55(89)34-31-51)83-72(97)63(44-87)85-71(96)60(41-50-23-12-7-13-24-50)82-69(94)58(39-48-19-8-5-9-20-48)81-67(92)57(78-47(4)88)43-52-29-32-53-25-14-15-26-54(53)38-52/h5-15,19-26,29-34,38,45-46,56-64,87,89H,16-18,27-28,35-37,39-44,75H2,1-4H3,(H2,76,90)(H,77,98)(H,78,88)(H,79,93)(H,80,91)(H,81,92)(H,82,94)(H,83,97)(H,84,95)(H,85,96)/t46-,56-,57-,58-,59-,60-,61-,62-,63-,64+/m0/s1. The normalized spacial score (nSPS) is 15.4. The zero-order chi connectivity index (χ0) is 71.5. The molecule has 0 spiro atoms. The summed E-state index contributed by atoms with van der Waals surface area (Å²) in [6.45, 7) is 5.80. The molecule has 1 aliphatic rings. The van der Waals surface area contributed by atoms with Gasteiger partial charge in [-0.15, -0.1) is 0 Å². The maximum atomic E-state index is 14.9. The van der Waals surface area contributed by atoms with Crippen LogP contribution in [0.15, 0.2) is 158 Å². The molecule has 25 heteroatoms. The summed E-state index contributed by atoms with van der Waals surface area (Å²) in [4.78, 5) is 157. The van der Waals surface area contributed by atoms with E-state index < -0.39 is 132 Å². The van der Waals surface area contributed by atoms with Crippen LogP contribution >= 0.6 is 0 Å². The van der Waals surface area contributed by atoms with Crippen LogP contribution in [0.2, 0.25) is 0 Å². The van der Waals surface area contributed by atoms with Gasteiger partial charge in [-0.05, 0) is 109 Å². The molecule has 0 aromatic heterocycles. The number of nitrogens with zero attached hydrogens (tertiary/aromatic N) is 1. The molecule has 10 atom stereocenters. The number of nitrogens with two attached hydrogens (primary N) is 2. The number of phenolic OH excluding ortho intramolecular Hbond substituents is 1. The molecular formula is C74H92N12O13. The summed E-state index contributed by atoms with van der Waals surface area (Å²) >= 11 is 0. The molecule has 0 aliphatic carbocycles. The number of carbonyl (C=O) groups excluding carboxylic acids is 11. The highest BCUT2D eigenvalue weighted by atomic mass is 16.3. The number of phenols is 1. The highest BCUT2D eigenvalue weighted by molar-refractivity contribution is 5.99. The number of hydrogen-bond donors (Lipinski definition) is 13. The molecule has 25 nitrogen and oxygen atoms in total. The van der Waals surface area contributed by atoms with Gasteiger partial charge < -0.3 is 74.4 Å². The van der Waals surface area contributed by atoms with Crippen molar-refractivity contribution < 1.29 is 63.0 Å². The Morgan fingerprint density at radius 3 is 1.31 bits per heavy atom. The predicted molar refractivity (Wildman–Crippen MR) is 372 cm³/mol. The van der Waals surface area contributed by atoms with E-state index in [0.717, 1.165) is 16.3 Å². The van der Waals surface area contributed by atoms with Crippen molar-refractivity contribution in [1.82, 2.24) is 52.8 Å². The third-order valence-electron chi connectivity index (χ3n) is 17.0. The summed E-state index contributed by atoms with van der Waals surface area (Å²) in [7, 11) is 0. The molecule has 15 N–H and O–H groups in total. The number of aliphatic hydroxyl groups excluding tert-OH is 1. The van der Waals surface area contributed by atoms with Gasteiger partial charge in [-0.3, -0.25) is 52.7 Å². The van der Waals surface area contributed by atoms with Crippen LogP contribution in [0, 0.1) is 5.92 Å². The molecule has 6 aromatic carbocycles. The quantitative estimate of drug-likeness (QED) is 0.0251. The number of aromatic hydroxyl groups is 1. The fraction of sp³-hybridized carbons (Fsp3) is 0.392. The smallest absolute Gasteiger partial charge is 0.245 e. The lowest BCUT2D eigenvalue weighted by atomic mass is 9.99. The molecule has 1 heterocycles. The van der Waals surface area contributed by atoms with Crippen LogP contribution in [0.1, 0.15) is 94.0 Å². The average molecular weight is 1360 g/mol. The minimum Gasteiger partial charge on any atom is -0.508 e. The molecule has 1 fully saturated rings. The minimum absolute atomic E-state index is 0.0174. The zero-order valence-electron chi connectivity index (χ0n) is 56.2. The Balaban J connectivity index is 1.12. The van der Waals surface area contributed by atoms with E-state index >= 15 is 0 Å². The number of likely N-dealkylation sites (tertiary alicyclic amines) is 1. The van der Waals surface area contributed by atoms with Crippen LogP contribution in [0.3, 0.4) is 0 Å². The van der Waals surface area contributed by atoms with Gasteiger partial charge in [-0.1, -0.05) is 159 Å². The average Bonchev–Trinajstić information content (AvgIpc) is 1.46. The molecule has 0 radical (unpaired) electrons. The van der Waals surface area contributed by atoms with Crippen LogP contribution in [0.25, 0.3) is 10.8 Å². The molecule has 526 valence electrons. The Labute approximate surface area is 576 Å². The molecule has 1 aliphatic heterocycles. The van der Waals surface area contributed by atoms with Crippen LogP contribution in [0.5, 0.6) is 5.75 Å². The van der Waals surface area contributed by atoms with E-state index in [-0.39, 0.29) is 69.7 Å². The Hall–Kier alpha value is -10.5. The van der Waals surface area contributed by atoms with Crippen molar-refractivity contribution >= 4 is 75.8 Å². The van der Waals surface area contributed by atoms with Crippen molar-refractivity contribution in [2.75, 3.05) is 19.7 Å². The fourth-order valence-corrected chi connectivity index (χ4v) is 11.7. The number of fused-ring (bicyclic) bond motifs is 1. The first-order valence-electron chi connectivity index (χ1n) is 33.5. The summed E-state index contributed by atoms with van der Waals surface area (Å²) < 4.78 is 0. The number of carbonyl (C=O) groups is 11. The van der Waals surface area contributed by atoms with E-state index in [0.29, 0.717) is 47.9 Å². The monoisotopic (exact) mass is 1360 g/mol. The van der Waals surface area contributed by atoms with Gasteiger partial charge in [-0.25, -0.2) is 0 Å². The second-order valence-corrected chi connectivity index (χ2v) is 25.4. The molecular weight excluding hydrogens is 1260 g/mol. The lowest BCUT2D eigenvalue weighted by molar-refractivity contribution is -0.142. The van der Waals surface area contributed by atoms with Gasteiger partial charge in [0.15, 0.2) is 0 Å². The number of hydrogen-bond acceptors (Lipinski definition) is 14. The second kappa shape index (κ2) is 37.8. The van der Waals surface area contributed by atoms with Gasteiger partial charge in [-0.2, -0.15) is 0 Å². The highest BCUT2D eigenvalue weighted by Gasteiger charge is 2.40. The summed E-state index contributed by atoms with van der Waals surface area (Å²) in [5, 5.41) is 47.5. The number of nitrogens with one attached hydrogen (secondary N) is 9. The van der Waals surface area contributed by atoms with Crippen LogP contribution < -0.4 is 59.3 Å². The molecule has 11 amide bonds. The van der Waals surface area contributed by atoms with Gasteiger partial charge in [0.2, 0.25) is 65.0 Å². The molecule has 0 saturated carbocycles. The summed E-state index contributed by atoms with van der Waals surface area (Å²) in [6.07, 6.45) is 1.13.